The lowest BCUT2D eigenvalue weighted by Crippen LogP contribution is -2.47. The fourth-order valence-electron chi connectivity index (χ4n) is 2.70. The van der Waals surface area contributed by atoms with Crippen LogP contribution < -0.4 is 16.0 Å². The van der Waals surface area contributed by atoms with E-state index in [1.807, 2.05) is 6.07 Å². The second-order valence-electron chi connectivity index (χ2n) is 5.73. The number of amides is 2. The maximum Gasteiger partial charge on any atom is 0.315 e. The molecule has 3 rings (SSSR count). The highest BCUT2D eigenvalue weighted by molar-refractivity contribution is 6.31. The molecule has 1 aliphatic rings. The van der Waals surface area contributed by atoms with E-state index in [-0.39, 0.29) is 11.9 Å². The number of aromatic amines is 1. The van der Waals surface area contributed by atoms with Crippen molar-refractivity contribution >= 4 is 28.7 Å². The SMILES string of the molecule is O=C(NCc1nc2ccc(Cl)cc2[nH]1)NC[C@@H]1CCNC[C@H]1O. The third-order valence-corrected chi connectivity index (χ3v) is 4.26. The van der Waals surface area contributed by atoms with Gasteiger partial charge < -0.3 is 26.0 Å². The van der Waals surface area contributed by atoms with Gasteiger partial charge in [-0.1, -0.05) is 11.6 Å². The zero-order valence-electron chi connectivity index (χ0n) is 12.6. The number of aliphatic hydroxyl groups is 1. The van der Waals surface area contributed by atoms with Gasteiger partial charge in [0.05, 0.1) is 23.7 Å². The van der Waals surface area contributed by atoms with E-state index in [0.29, 0.717) is 30.5 Å². The standard InChI is InChI=1S/C15H20ClN5O2/c16-10-1-2-11-12(5-10)21-14(20-11)8-19-15(23)18-6-9-3-4-17-7-13(9)22/h1-2,5,9,13,17,22H,3-4,6-8H2,(H,20,21)(H2,18,19,23)/t9-,13+/m0/s1. The zero-order valence-corrected chi connectivity index (χ0v) is 13.4. The Bertz CT molecular complexity index is 690. The molecule has 2 amide bonds. The van der Waals surface area contributed by atoms with E-state index in [0.717, 1.165) is 24.0 Å². The molecule has 0 spiro atoms. The van der Waals surface area contributed by atoms with Gasteiger partial charge in [-0.15, -0.1) is 0 Å². The summed E-state index contributed by atoms with van der Waals surface area (Å²) in [7, 11) is 0. The van der Waals surface area contributed by atoms with E-state index in [9.17, 15) is 9.90 Å². The van der Waals surface area contributed by atoms with Crippen molar-refractivity contribution in [1.29, 1.82) is 0 Å². The van der Waals surface area contributed by atoms with Gasteiger partial charge in [0.1, 0.15) is 5.82 Å². The summed E-state index contributed by atoms with van der Waals surface area (Å²) in [5.41, 5.74) is 1.65. The van der Waals surface area contributed by atoms with E-state index >= 15 is 0 Å². The van der Waals surface area contributed by atoms with Gasteiger partial charge in [-0.05, 0) is 31.2 Å². The van der Waals surface area contributed by atoms with Gasteiger partial charge in [0.25, 0.3) is 0 Å². The number of carbonyl (C=O) groups is 1. The Morgan fingerprint density at radius 2 is 2.30 bits per heavy atom. The molecular formula is C15H20ClN5O2. The molecule has 1 aliphatic heterocycles. The van der Waals surface area contributed by atoms with Crippen LogP contribution in [0.5, 0.6) is 0 Å². The van der Waals surface area contributed by atoms with Crippen LogP contribution in [0.3, 0.4) is 0 Å². The number of aliphatic hydroxyl groups excluding tert-OH is 1. The quantitative estimate of drug-likeness (QED) is 0.574. The molecular weight excluding hydrogens is 318 g/mol. The lowest BCUT2D eigenvalue weighted by atomic mass is 9.95. The smallest absolute Gasteiger partial charge is 0.315 e. The number of nitrogens with zero attached hydrogens (tertiary/aromatic N) is 1. The van der Waals surface area contributed by atoms with E-state index in [1.54, 1.807) is 12.1 Å². The van der Waals surface area contributed by atoms with E-state index in [1.165, 1.54) is 0 Å². The predicted molar refractivity (Wildman–Crippen MR) is 88.3 cm³/mol. The summed E-state index contributed by atoms with van der Waals surface area (Å²) >= 11 is 5.93. The number of rotatable bonds is 4. The molecule has 0 saturated carbocycles. The number of aromatic nitrogens is 2. The second kappa shape index (κ2) is 7.16. The molecule has 2 aromatic rings. The van der Waals surface area contributed by atoms with Gasteiger partial charge in [0.15, 0.2) is 0 Å². The maximum absolute atomic E-state index is 11.9. The highest BCUT2D eigenvalue weighted by Gasteiger charge is 2.22. The number of hydrogen-bond donors (Lipinski definition) is 5. The first-order chi connectivity index (χ1) is 11.1. The summed E-state index contributed by atoms with van der Waals surface area (Å²) in [4.78, 5) is 19.4. The number of piperidine rings is 1. The summed E-state index contributed by atoms with van der Waals surface area (Å²) in [6.07, 6.45) is 0.440. The molecule has 23 heavy (non-hydrogen) atoms. The van der Waals surface area contributed by atoms with Gasteiger partial charge in [0.2, 0.25) is 0 Å². The van der Waals surface area contributed by atoms with Crippen molar-refractivity contribution in [2.45, 2.75) is 19.1 Å². The van der Waals surface area contributed by atoms with Crippen molar-refractivity contribution in [2.75, 3.05) is 19.6 Å². The minimum Gasteiger partial charge on any atom is -0.391 e. The molecule has 0 unspecified atom stereocenters. The van der Waals surface area contributed by atoms with Gasteiger partial charge in [-0.2, -0.15) is 0 Å². The maximum atomic E-state index is 11.9. The number of β-amino-alcohol motifs (C(OH)–C–C–N with tert-alkyl or cyclic N) is 1. The Morgan fingerprint density at radius 3 is 3.13 bits per heavy atom. The predicted octanol–water partition coefficient (Wildman–Crippen LogP) is 0.986. The number of nitrogens with one attached hydrogen (secondary N) is 4. The number of hydrogen-bond acceptors (Lipinski definition) is 4. The Hall–Kier alpha value is -1.83. The topological polar surface area (TPSA) is 102 Å². The molecule has 0 bridgehead atoms. The number of urea groups is 1. The summed E-state index contributed by atoms with van der Waals surface area (Å²) < 4.78 is 0. The van der Waals surface area contributed by atoms with E-state index in [4.69, 9.17) is 11.6 Å². The van der Waals surface area contributed by atoms with Crippen LogP contribution in [0.25, 0.3) is 11.0 Å². The van der Waals surface area contributed by atoms with Crippen LogP contribution in [0, 0.1) is 5.92 Å². The van der Waals surface area contributed by atoms with Crippen LogP contribution in [0.1, 0.15) is 12.2 Å². The minimum atomic E-state index is -0.413. The van der Waals surface area contributed by atoms with Gasteiger partial charge in [-0.25, -0.2) is 9.78 Å². The first kappa shape index (κ1) is 16.0. The van der Waals surface area contributed by atoms with E-state index < -0.39 is 6.10 Å². The normalized spacial score (nSPS) is 21.3. The lowest BCUT2D eigenvalue weighted by Gasteiger charge is -2.28. The van der Waals surface area contributed by atoms with Crippen LogP contribution >= 0.6 is 11.6 Å². The molecule has 5 N–H and O–H groups in total. The number of fused-ring (bicyclic) bond motifs is 1. The molecule has 124 valence electrons. The van der Waals surface area contributed by atoms with Gasteiger partial charge in [0, 0.05) is 24.0 Å². The van der Waals surface area contributed by atoms with Crippen LogP contribution in [-0.2, 0) is 6.54 Å². The molecule has 0 aliphatic carbocycles. The lowest BCUT2D eigenvalue weighted by molar-refractivity contribution is 0.0827. The van der Waals surface area contributed by atoms with E-state index in [2.05, 4.69) is 25.9 Å². The second-order valence-corrected chi connectivity index (χ2v) is 6.17. The first-order valence-electron chi connectivity index (χ1n) is 7.66. The van der Waals surface area contributed by atoms with Gasteiger partial charge in [-0.3, -0.25) is 0 Å². The Balaban J connectivity index is 1.48. The average molecular weight is 338 g/mol. The highest BCUT2D eigenvalue weighted by Crippen LogP contribution is 2.17. The third-order valence-electron chi connectivity index (χ3n) is 4.02. The molecule has 7 nitrogen and oxygen atoms in total. The van der Waals surface area contributed by atoms with Crippen molar-refractivity contribution in [3.63, 3.8) is 0 Å². The van der Waals surface area contributed by atoms with Crippen molar-refractivity contribution < 1.29 is 9.90 Å². The number of imidazole rings is 1. The summed E-state index contributed by atoms with van der Waals surface area (Å²) in [5, 5.41) is 19.1. The van der Waals surface area contributed by atoms with Crippen molar-refractivity contribution in [3.8, 4) is 0 Å². The van der Waals surface area contributed by atoms with Crippen molar-refractivity contribution in [2.24, 2.45) is 5.92 Å². The molecule has 8 heteroatoms. The number of carbonyl (C=O) groups excluding carboxylic acids is 1. The molecule has 1 aromatic heterocycles. The molecule has 1 fully saturated rings. The highest BCUT2D eigenvalue weighted by atomic mass is 35.5. The molecule has 2 heterocycles. The Kier molecular flexibility index (Phi) is 5.00. The van der Waals surface area contributed by atoms with Crippen molar-refractivity contribution in [3.05, 3.63) is 29.0 Å². The Morgan fingerprint density at radius 1 is 1.43 bits per heavy atom. The van der Waals surface area contributed by atoms with Crippen LogP contribution in [0.15, 0.2) is 18.2 Å². The number of halogens is 1. The molecule has 2 atom stereocenters. The van der Waals surface area contributed by atoms with Gasteiger partial charge >= 0.3 is 6.03 Å². The number of benzene rings is 1. The van der Waals surface area contributed by atoms with Crippen molar-refractivity contribution in [1.82, 2.24) is 25.9 Å². The first-order valence-corrected chi connectivity index (χ1v) is 8.04. The average Bonchev–Trinajstić information content (AvgIpc) is 2.94. The van der Waals surface area contributed by atoms with Crippen LogP contribution in [-0.4, -0.2) is 46.8 Å². The summed E-state index contributed by atoms with van der Waals surface area (Å²) in [5.74, 6) is 0.759. The fraction of sp³-hybridized carbons (Fsp3) is 0.467. The largest absolute Gasteiger partial charge is 0.391 e. The fourth-order valence-corrected chi connectivity index (χ4v) is 2.88. The third kappa shape index (κ3) is 4.13. The number of H-pyrrole nitrogens is 1. The zero-order chi connectivity index (χ0) is 16.2. The monoisotopic (exact) mass is 337 g/mol. The summed E-state index contributed by atoms with van der Waals surface area (Å²) in [6, 6.07) is 5.13. The molecule has 0 radical (unpaired) electrons. The summed E-state index contributed by atoms with van der Waals surface area (Å²) in [6.45, 7) is 2.21. The van der Waals surface area contributed by atoms with Crippen LogP contribution in [0.2, 0.25) is 5.02 Å². The molecule has 1 saturated heterocycles. The minimum absolute atomic E-state index is 0.0929. The van der Waals surface area contributed by atoms with Crippen LogP contribution in [0.4, 0.5) is 4.79 Å². The Labute approximate surface area is 138 Å². The molecule has 1 aromatic carbocycles.